The predicted octanol–water partition coefficient (Wildman–Crippen LogP) is 4.73. The fourth-order valence-electron chi connectivity index (χ4n) is 3.11. The van der Waals surface area contributed by atoms with Gasteiger partial charge in [0.05, 0.1) is 26.9 Å². The molecule has 1 heterocycles. The van der Waals surface area contributed by atoms with Crippen LogP contribution in [0.15, 0.2) is 30.6 Å². The quantitative estimate of drug-likeness (QED) is 0.516. The number of hydrogen-bond donors (Lipinski definition) is 3. The lowest BCUT2D eigenvalue weighted by Gasteiger charge is -2.33. The minimum absolute atomic E-state index is 0.0770. The molecule has 0 saturated heterocycles. The molecule has 4 N–H and O–H groups in total. The molecule has 1 saturated carbocycles. The van der Waals surface area contributed by atoms with Crippen molar-refractivity contribution in [3.05, 3.63) is 46.5 Å². The van der Waals surface area contributed by atoms with Crippen LogP contribution in [0, 0.1) is 5.82 Å². The smallest absolute Gasteiger partial charge is 0.166 e. The Kier molecular flexibility index (Phi) is 5.14. The molecular weight excluding hydrogens is 404 g/mol. The zero-order valence-corrected chi connectivity index (χ0v) is 16.5. The number of ether oxygens (including phenoxy) is 1. The summed E-state index contributed by atoms with van der Waals surface area (Å²) in [4.78, 5) is 8.56. The third-order valence-electron chi connectivity index (χ3n) is 4.72. The van der Waals surface area contributed by atoms with Crippen molar-refractivity contribution in [3.8, 4) is 5.75 Å². The summed E-state index contributed by atoms with van der Waals surface area (Å²) in [5.74, 6) is 0.451. The molecule has 146 valence electrons. The molecule has 0 bridgehead atoms. The fourth-order valence-corrected chi connectivity index (χ4v) is 3.42. The lowest BCUT2D eigenvalue weighted by molar-refractivity contribution is 0.102. The minimum Gasteiger partial charge on any atom is -0.488 e. The second kappa shape index (κ2) is 7.58. The van der Waals surface area contributed by atoms with Crippen molar-refractivity contribution in [3.63, 3.8) is 0 Å². The molecule has 3 aromatic rings. The number of hydrogen-bond acceptors (Lipinski definition) is 6. The zero-order chi connectivity index (χ0) is 19.8. The van der Waals surface area contributed by atoms with Crippen molar-refractivity contribution in [2.75, 3.05) is 17.7 Å². The number of benzene rings is 2. The maximum absolute atomic E-state index is 14.4. The van der Waals surface area contributed by atoms with E-state index in [-0.39, 0.29) is 27.9 Å². The SMILES string of the molecule is CNc1cc2ncnc(Nc3ccc(Cl)c(Cl)c3F)c2cc1OC1CC(N)C1. The van der Waals surface area contributed by atoms with Crippen molar-refractivity contribution < 1.29 is 9.13 Å². The highest BCUT2D eigenvalue weighted by molar-refractivity contribution is 6.42. The summed E-state index contributed by atoms with van der Waals surface area (Å²) in [6.07, 6.45) is 3.11. The van der Waals surface area contributed by atoms with Gasteiger partial charge in [-0.15, -0.1) is 0 Å². The summed E-state index contributed by atoms with van der Waals surface area (Å²) in [5, 5.41) is 6.77. The molecule has 1 fully saturated rings. The average molecular weight is 422 g/mol. The highest BCUT2D eigenvalue weighted by Crippen LogP contribution is 2.37. The Hall–Kier alpha value is -2.35. The van der Waals surface area contributed by atoms with E-state index in [1.54, 1.807) is 0 Å². The molecular formula is C19H18Cl2FN5O. The molecule has 1 aliphatic rings. The summed E-state index contributed by atoms with van der Waals surface area (Å²) in [6, 6.07) is 6.91. The molecule has 2 aromatic carbocycles. The van der Waals surface area contributed by atoms with E-state index in [9.17, 15) is 4.39 Å². The van der Waals surface area contributed by atoms with Gasteiger partial charge in [0, 0.05) is 18.5 Å². The van der Waals surface area contributed by atoms with Gasteiger partial charge < -0.3 is 21.1 Å². The molecule has 0 atom stereocenters. The van der Waals surface area contributed by atoms with Gasteiger partial charge >= 0.3 is 0 Å². The lowest BCUT2D eigenvalue weighted by Crippen LogP contribution is -2.43. The largest absolute Gasteiger partial charge is 0.488 e. The Bertz CT molecular complexity index is 1040. The van der Waals surface area contributed by atoms with E-state index in [1.165, 1.54) is 18.5 Å². The van der Waals surface area contributed by atoms with E-state index in [2.05, 4.69) is 20.6 Å². The van der Waals surface area contributed by atoms with Gasteiger partial charge in [-0.2, -0.15) is 0 Å². The highest BCUT2D eigenvalue weighted by atomic mass is 35.5. The van der Waals surface area contributed by atoms with E-state index >= 15 is 0 Å². The first-order valence-electron chi connectivity index (χ1n) is 8.75. The van der Waals surface area contributed by atoms with Gasteiger partial charge in [0.25, 0.3) is 0 Å². The molecule has 9 heteroatoms. The summed E-state index contributed by atoms with van der Waals surface area (Å²) < 4.78 is 20.5. The predicted molar refractivity (Wildman–Crippen MR) is 110 cm³/mol. The van der Waals surface area contributed by atoms with Crippen molar-refractivity contribution >= 4 is 51.3 Å². The normalized spacial score (nSPS) is 18.6. The maximum atomic E-state index is 14.4. The Balaban J connectivity index is 1.73. The molecule has 0 unspecified atom stereocenters. The summed E-state index contributed by atoms with van der Waals surface area (Å²) >= 11 is 11.8. The standard InChI is InChI=1S/C19H18Cl2FN5O/c1-24-15-7-14-11(6-16(15)28-10-4-9(23)5-10)19(26-8-25-14)27-13-3-2-12(20)17(21)18(13)22/h2-3,6-10,24H,4-5,23H2,1H3,(H,25,26,27). The number of anilines is 3. The Morgan fingerprint density at radius 1 is 1.18 bits per heavy atom. The first-order valence-corrected chi connectivity index (χ1v) is 9.51. The second-order valence-corrected chi connectivity index (χ2v) is 7.44. The van der Waals surface area contributed by atoms with Crippen LogP contribution in [0.3, 0.4) is 0 Å². The molecule has 1 aromatic heterocycles. The molecule has 4 rings (SSSR count). The van der Waals surface area contributed by atoms with Crippen LogP contribution in [0.25, 0.3) is 10.9 Å². The third-order valence-corrected chi connectivity index (χ3v) is 5.50. The van der Waals surface area contributed by atoms with Gasteiger partial charge in [0.1, 0.15) is 24.0 Å². The molecule has 0 spiro atoms. The lowest BCUT2D eigenvalue weighted by atomic mass is 9.90. The average Bonchev–Trinajstić information content (AvgIpc) is 2.67. The van der Waals surface area contributed by atoms with Crippen LogP contribution in [0.5, 0.6) is 5.75 Å². The summed E-state index contributed by atoms with van der Waals surface area (Å²) in [6.45, 7) is 0. The Labute approximate surface area is 171 Å². The van der Waals surface area contributed by atoms with Crippen LogP contribution in [-0.2, 0) is 0 Å². The molecule has 1 aliphatic carbocycles. The van der Waals surface area contributed by atoms with Gasteiger partial charge in [-0.05, 0) is 37.1 Å². The number of nitrogens with one attached hydrogen (secondary N) is 2. The van der Waals surface area contributed by atoms with Crippen LogP contribution >= 0.6 is 23.2 Å². The topological polar surface area (TPSA) is 85.1 Å². The van der Waals surface area contributed by atoms with Gasteiger partial charge in [0.15, 0.2) is 5.82 Å². The van der Waals surface area contributed by atoms with Crippen molar-refractivity contribution in [1.29, 1.82) is 0 Å². The highest BCUT2D eigenvalue weighted by Gasteiger charge is 2.28. The first-order chi connectivity index (χ1) is 13.5. The van der Waals surface area contributed by atoms with Gasteiger partial charge in [-0.3, -0.25) is 0 Å². The van der Waals surface area contributed by atoms with Gasteiger partial charge in [-0.1, -0.05) is 23.2 Å². The maximum Gasteiger partial charge on any atom is 0.166 e. The minimum atomic E-state index is -0.646. The van der Waals surface area contributed by atoms with Crippen molar-refractivity contribution in [2.24, 2.45) is 5.73 Å². The number of rotatable bonds is 5. The van der Waals surface area contributed by atoms with Crippen LogP contribution < -0.4 is 21.1 Å². The van der Waals surface area contributed by atoms with Crippen molar-refractivity contribution in [2.45, 2.75) is 25.0 Å². The summed E-state index contributed by atoms with van der Waals surface area (Å²) in [5.41, 5.74) is 7.50. The number of nitrogens with zero attached hydrogens (tertiary/aromatic N) is 2. The fraction of sp³-hybridized carbons (Fsp3) is 0.263. The van der Waals surface area contributed by atoms with E-state index in [1.807, 2.05) is 19.2 Å². The number of halogens is 3. The van der Waals surface area contributed by atoms with Crippen LogP contribution in [0.2, 0.25) is 10.0 Å². The Morgan fingerprint density at radius 2 is 1.96 bits per heavy atom. The van der Waals surface area contributed by atoms with Crippen LogP contribution in [0.1, 0.15) is 12.8 Å². The van der Waals surface area contributed by atoms with E-state index in [4.69, 9.17) is 33.7 Å². The van der Waals surface area contributed by atoms with Gasteiger partial charge in [0.2, 0.25) is 0 Å². The summed E-state index contributed by atoms with van der Waals surface area (Å²) in [7, 11) is 1.81. The first kappa shape index (κ1) is 19.0. The van der Waals surface area contributed by atoms with E-state index in [0.717, 1.165) is 18.5 Å². The zero-order valence-electron chi connectivity index (χ0n) is 15.0. The Morgan fingerprint density at radius 3 is 2.68 bits per heavy atom. The van der Waals surface area contributed by atoms with Gasteiger partial charge in [-0.25, -0.2) is 14.4 Å². The monoisotopic (exact) mass is 421 g/mol. The second-order valence-electron chi connectivity index (χ2n) is 6.66. The van der Waals surface area contributed by atoms with E-state index < -0.39 is 5.82 Å². The van der Waals surface area contributed by atoms with Crippen LogP contribution in [-0.4, -0.2) is 29.2 Å². The number of fused-ring (bicyclic) bond motifs is 1. The number of nitrogens with two attached hydrogens (primary N) is 1. The van der Waals surface area contributed by atoms with Crippen molar-refractivity contribution in [1.82, 2.24) is 9.97 Å². The van der Waals surface area contributed by atoms with E-state index in [0.29, 0.717) is 22.5 Å². The molecule has 0 aliphatic heterocycles. The van der Waals surface area contributed by atoms with Crippen LogP contribution in [0.4, 0.5) is 21.6 Å². The molecule has 0 radical (unpaired) electrons. The molecule has 6 nitrogen and oxygen atoms in total. The molecule has 28 heavy (non-hydrogen) atoms. The molecule has 0 amide bonds. The number of aromatic nitrogens is 2. The third kappa shape index (κ3) is 3.53.